The van der Waals surface area contributed by atoms with Gasteiger partial charge in [-0.2, -0.15) is 58.9 Å². The van der Waals surface area contributed by atoms with Gasteiger partial charge in [0.05, 0.1) is 45.5 Å². The van der Waals surface area contributed by atoms with Crippen LogP contribution in [0.2, 0.25) is 0 Å². The Morgan fingerprint density at radius 2 is 0.731 bits per heavy atom. The van der Waals surface area contributed by atoms with Gasteiger partial charge in [0, 0.05) is 13.8 Å². The summed E-state index contributed by atoms with van der Waals surface area (Å²) in [6.45, 7) is -4.03. The standard InChI is InChI=1S/C49H62N2O45S7.Ca/c1-22(52)50-30-34(32(92-99(64,65)66)28(20-82-97(58,59)60)85-46(30)84-27-16-14-26(79-3)15-17-27)87-48-42(95-102(73,74)75)36(80-18-24-10-6-4-7-11-24)38(40(90-48)44(54)55)89-47-31(51-23(2)53)35(33(93-100(67,68)69)29(86-47)21-83-98(61,62)63)88-49-43(96-103(76,77)78)37(81-19-25-12-8-5-9-13-25)39(94-101(70,71)72)41(91-49)45(56)57;/h4-17,28-43,46-49H,18-21H2,1-3H3,(H,50,52)(H,51,53)(H,54,55)(H,56,57)(H,58,59,60)(H,61,62,63)(H,64,65,66)(H,67,68,69)(H,70,71,72)(H,73,74,75)(H,76,77,78);/q;+2/p-2/t28-,29-,30-,31-,32+,33+,34-,35-,36+,37+,38+,39+,40+,41-,42-,43-,46-,47+,48-,49-;/m1./s1. The molecule has 3 aromatic rings. The van der Waals surface area contributed by atoms with E-state index in [9.17, 15) is 120 Å². The van der Waals surface area contributed by atoms with Crippen LogP contribution in [0.4, 0.5) is 0 Å². The van der Waals surface area contributed by atoms with E-state index in [2.05, 4.69) is 17.9 Å². The zero-order valence-electron chi connectivity index (χ0n) is 52.7. The molecule has 9 N–H and O–H groups in total. The fourth-order valence-corrected chi connectivity index (χ4v) is 13.6. The number of methoxy groups -OCH3 is 1. The van der Waals surface area contributed by atoms with Crippen LogP contribution in [0.3, 0.4) is 0 Å². The van der Waals surface area contributed by atoms with Gasteiger partial charge in [0.2, 0.25) is 18.1 Å². The summed E-state index contributed by atoms with van der Waals surface area (Å²) in [5.74, 6) is -7.94. The fourth-order valence-electron chi connectivity index (χ4n) is 10.5. The van der Waals surface area contributed by atoms with Crippen molar-refractivity contribution in [3.63, 3.8) is 0 Å². The Labute approximate surface area is 619 Å². The monoisotopic (exact) mass is 1660 g/mol. The Balaban J connectivity index is 0.0000170. The number of nitrogens with one attached hydrogen (secondary N) is 2. The van der Waals surface area contributed by atoms with E-state index in [4.69, 9.17) is 68.8 Å². The number of carboxylic acids is 2. The first-order valence-electron chi connectivity index (χ1n) is 28.3. The Morgan fingerprint density at radius 3 is 1.09 bits per heavy atom. The predicted octanol–water partition coefficient (Wildman–Crippen LogP) is -6.99. The SMILES string of the molecule is COc1ccc(O[C@@H]2O[C@H](COS(=O)(=O)O)[C@H](OS(=O)(=O)O)[C@H](O[C@@H]3O[C@H](C(=O)[O-])[C@@H](O[C@@H]4O[C@H](COS(=O)(=O)O)[C@H](OS(=O)(=O)O)[C@H](O[C@@H]5O[C@@H](C(=O)[O-])[C@@H](OS(=O)(=O)O)[C@H](OCc6ccccc6)[C@H]5OS(=O)(=O)O)[C@H]4NC(C)=O)[C@H](OCc4ccccc4)[C@H]3OS(=O)(=O)O)[C@H]2NC(C)=O)cc1.[Ca+2]. The third-order valence-corrected chi connectivity index (χ3v) is 17.4. The third kappa shape index (κ3) is 27.1. The molecule has 4 aliphatic rings. The van der Waals surface area contributed by atoms with Gasteiger partial charge in [0.15, 0.2) is 31.1 Å². The molecule has 0 saturated carbocycles. The van der Waals surface area contributed by atoms with Crippen LogP contribution in [0.25, 0.3) is 0 Å². The van der Waals surface area contributed by atoms with Crippen LogP contribution in [0, 0.1) is 0 Å². The van der Waals surface area contributed by atoms with Crippen molar-refractivity contribution in [2.24, 2.45) is 0 Å². The summed E-state index contributed by atoms with van der Waals surface area (Å²) in [4.78, 5) is 53.5. The molecule has 2 amide bonds. The molecule has 0 aromatic heterocycles. The van der Waals surface area contributed by atoms with Crippen LogP contribution in [-0.2, 0) is 177 Å². The minimum absolute atomic E-state index is 0. The Kier molecular flexibility index (Phi) is 30.9. The molecule has 0 bridgehead atoms. The fraction of sp³-hybridized carbons (Fsp3) is 0.551. The molecule has 4 aliphatic heterocycles. The van der Waals surface area contributed by atoms with Crippen molar-refractivity contribution >= 4 is 134 Å². The van der Waals surface area contributed by atoms with Gasteiger partial charge in [-0.15, -0.1) is 0 Å². The van der Waals surface area contributed by atoms with Gasteiger partial charge in [0.1, 0.15) is 96.8 Å². The van der Waals surface area contributed by atoms with E-state index in [1.54, 1.807) is 0 Å². The molecule has 7 rings (SSSR count). The number of carbonyl (C=O) groups excluding carboxylic acids is 4. The smallest absolute Gasteiger partial charge is 0.547 e. The van der Waals surface area contributed by atoms with Crippen LogP contribution in [0.15, 0.2) is 84.9 Å². The maximum atomic E-state index is 13.9. The van der Waals surface area contributed by atoms with Crippen LogP contribution in [0.5, 0.6) is 11.5 Å². The minimum Gasteiger partial charge on any atom is -0.547 e. The topological polar surface area (TPSA) is 685 Å². The number of carboxylic acid groups (broad SMARTS) is 2. The molecule has 0 radical (unpaired) electrons. The summed E-state index contributed by atoms with van der Waals surface area (Å²) in [5.41, 5.74) is 0.0543. The first-order chi connectivity index (χ1) is 47.6. The predicted molar refractivity (Wildman–Crippen MR) is 321 cm³/mol. The number of aliphatic carboxylic acids is 2. The minimum atomic E-state index is -6.22. The Morgan fingerprint density at radius 1 is 0.404 bits per heavy atom. The molecule has 4 fully saturated rings. The molecule has 104 heavy (non-hydrogen) atoms. The van der Waals surface area contributed by atoms with Gasteiger partial charge in [0.25, 0.3) is 0 Å². The molecule has 4 heterocycles. The van der Waals surface area contributed by atoms with Crippen LogP contribution in [0.1, 0.15) is 25.0 Å². The first-order valence-corrected chi connectivity index (χ1v) is 37.9. The quantitative estimate of drug-likeness (QED) is 0.0195. The molecule has 3 aromatic carbocycles. The molecule has 4 saturated heterocycles. The summed E-state index contributed by atoms with van der Waals surface area (Å²) in [6, 6.07) is 13.2. The van der Waals surface area contributed by atoms with Gasteiger partial charge in [-0.05, 0) is 35.4 Å². The third-order valence-electron chi connectivity index (χ3n) is 14.2. The van der Waals surface area contributed by atoms with E-state index in [0.717, 1.165) is 6.92 Å². The maximum Gasteiger partial charge on any atom is 2.00 e. The van der Waals surface area contributed by atoms with Crippen molar-refractivity contribution in [2.75, 3.05) is 20.3 Å². The average molecular weight is 1660 g/mol. The number of rotatable bonds is 35. The van der Waals surface area contributed by atoms with Crippen molar-refractivity contribution in [2.45, 2.75) is 150 Å². The van der Waals surface area contributed by atoms with Crippen LogP contribution >= 0.6 is 0 Å². The van der Waals surface area contributed by atoms with Gasteiger partial charge in [-0.3, -0.25) is 41.5 Å². The zero-order valence-corrected chi connectivity index (χ0v) is 60.6. The van der Waals surface area contributed by atoms with Gasteiger partial charge >= 0.3 is 111 Å². The summed E-state index contributed by atoms with van der Waals surface area (Å²) in [5, 5.41) is 31.1. The van der Waals surface area contributed by atoms with Crippen molar-refractivity contribution in [1.29, 1.82) is 0 Å². The number of benzene rings is 3. The van der Waals surface area contributed by atoms with Gasteiger partial charge in [-0.1, -0.05) is 60.7 Å². The molecule has 20 atom stereocenters. The second-order valence-corrected chi connectivity index (χ2v) is 28.9. The molecule has 0 aliphatic carbocycles. The number of hydrogen-bond donors (Lipinski definition) is 9. The van der Waals surface area contributed by atoms with E-state index in [0.29, 0.717) is 6.92 Å². The summed E-state index contributed by atoms with van der Waals surface area (Å²) in [7, 11) is -40.8. The second-order valence-electron chi connectivity index (χ2n) is 21.5. The number of hydrogen-bond acceptors (Lipinski definition) is 38. The van der Waals surface area contributed by atoms with Gasteiger partial charge < -0.3 is 82.5 Å². The van der Waals surface area contributed by atoms with Crippen LogP contribution in [-0.4, -0.2) is 295 Å². The normalized spacial score (nSPS) is 30.2. The summed E-state index contributed by atoms with van der Waals surface area (Å²) in [6.07, 6.45) is -52.3. The maximum absolute atomic E-state index is 13.9. The van der Waals surface area contributed by atoms with Crippen molar-refractivity contribution in [1.82, 2.24) is 10.6 Å². The van der Waals surface area contributed by atoms with E-state index in [1.807, 2.05) is 5.32 Å². The van der Waals surface area contributed by atoms with E-state index in [-0.39, 0.29) is 60.4 Å². The van der Waals surface area contributed by atoms with E-state index in [1.165, 1.54) is 92.0 Å². The largest absolute Gasteiger partial charge is 2.00 e. The van der Waals surface area contributed by atoms with Crippen molar-refractivity contribution in [3.8, 4) is 11.5 Å². The second kappa shape index (κ2) is 36.6. The van der Waals surface area contributed by atoms with Crippen LogP contribution < -0.4 is 30.3 Å². The summed E-state index contributed by atoms with van der Waals surface area (Å²) < 4.78 is 344. The zero-order chi connectivity index (χ0) is 76.5. The summed E-state index contributed by atoms with van der Waals surface area (Å²) >= 11 is 0. The molecule has 47 nitrogen and oxygen atoms in total. The Bertz CT molecular complexity index is 4270. The average Bonchev–Trinajstić information content (AvgIpc) is 0.752. The van der Waals surface area contributed by atoms with E-state index < -0.39 is 246 Å². The Hall–Kier alpha value is -4.87. The van der Waals surface area contributed by atoms with Crippen molar-refractivity contribution < 1.29 is 202 Å². The molecule has 0 spiro atoms. The number of ether oxygens (including phenoxy) is 11. The number of carbonyl (C=O) groups is 4. The molecule has 580 valence electrons. The van der Waals surface area contributed by atoms with E-state index >= 15 is 0 Å². The molecular weight excluding hydrogens is 1600 g/mol. The molecule has 55 heteroatoms. The number of amides is 2. The first kappa shape index (κ1) is 88.0. The molecule has 0 unspecified atom stereocenters. The van der Waals surface area contributed by atoms with Crippen molar-refractivity contribution in [3.05, 3.63) is 96.1 Å². The van der Waals surface area contributed by atoms with Gasteiger partial charge in [-0.25, -0.2) is 29.3 Å². The molecular formula is C49H60CaN2O45S7.